The Morgan fingerprint density at radius 3 is 2.62 bits per heavy atom. The molecule has 3 aromatic carbocycles. The number of nitrogens with one attached hydrogen (secondary N) is 1. The number of nitrogens with zero attached hydrogens (tertiary/aromatic N) is 1. The molecule has 1 aliphatic carbocycles. The fourth-order valence-corrected chi connectivity index (χ4v) is 5.14. The third kappa shape index (κ3) is 5.99. The van der Waals surface area contributed by atoms with Gasteiger partial charge in [0.2, 0.25) is 5.89 Å². The average molecular weight is 517 g/mol. The van der Waals surface area contributed by atoms with E-state index in [2.05, 4.69) is 48.4 Å². The quantitative estimate of drug-likeness (QED) is 0.254. The van der Waals surface area contributed by atoms with Crippen molar-refractivity contribution in [1.29, 1.82) is 0 Å². The van der Waals surface area contributed by atoms with E-state index in [9.17, 15) is 4.79 Å². The van der Waals surface area contributed by atoms with Gasteiger partial charge in [-0.25, -0.2) is 4.98 Å². The van der Waals surface area contributed by atoms with E-state index >= 15 is 0 Å². The molecular weight excluding hydrogens is 484 g/mol. The first-order chi connectivity index (χ1) is 18.0. The van der Waals surface area contributed by atoms with Crippen LogP contribution in [0.25, 0.3) is 22.6 Å². The van der Waals surface area contributed by atoms with Gasteiger partial charge in [-0.1, -0.05) is 62.9 Å². The maximum atomic E-state index is 12.6. The van der Waals surface area contributed by atoms with Crippen LogP contribution >= 0.6 is 11.6 Å². The fraction of sp³-hybridized carbons (Fsp3) is 0.355. The molecule has 0 saturated heterocycles. The van der Waals surface area contributed by atoms with Crippen molar-refractivity contribution in [2.75, 3.05) is 11.9 Å². The van der Waals surface area contributed by atoms with Gasteiger partial charge in [0.15, 0.2) is 12.2 Å². The molecule has 1 unspecified atom stereocenters. The standard InChI is InChI=1S/C31H33ClN2O3/c1-3-20(2)23-12-16-29-28(17-23)34-31(37-29)24-11-15-26(32)27(18-24)33-30(35)19-36-25-13-9-22(10-14-25)21-7-5-4-6-8-21/h9-18,20-21H,3-8,19H2,1-2H3,(H,33,35). The highest BCUT2D eigenvalue weighted by molar-refractivity contribution is 6.33. The molecule has 1 heterocycles. The summed E-state index contributed by atoms with van der Waals surface area (Å²) in [5, 5.41) is 3.29. The molecule has 5 nitrogen and oxygen atoms in total. The summed E-state index contributed by atoms with van der Waals surface area (Å²) in [4.78, 5) is 17.3. The van der Waals surface area contributed by atoms with Crippen LogP contribution in [-0.4, -0.2) is 17.5 Å². The zero-order chi connectivity index (χ0) is 25.8. The van der Waals surface area contributed by atoms with Gasteiger partial charge in [-0.15, -0.1) is 0 Å². The summed E-state index contributed by atoms with van der Waals surface area (Å²) in [7, 11) is 0. The topological polar surface area (TPSA) is 64.4 Å². The van der Waals surface area contributed by atoms with E-state index < -0.39 is 0 Å². The molecule has 1 aromatic heterocycles. The number of rotatable bonds is 8. The Hall–Kier alpha value is -3.31. The van der Waals surface area contributed by atoms with Crippen LogP contribution in [0.2, 0.25) is 5.02 Å². The number of halogens is 1. The number of hydrogen-bond donors (Lipinski definition) is 1. The number of carbonyl (C=O) groups excluding carboxylic acids is 1. The SMILES string of the molecule is CCC(C)c1ccc2oc(-c3ccc(Cl)c(NC(=O)COc4ccc(C5CCCCC5)cc4)c3)nc2c1. The van der Waals surface area contributed by atoms with Crippen LogP contribution in [0.15, 0.2) is 65.1 Å². The van der Waals surface area contributed by atoms with Crippen LogP contribution in [0.3, 0.4) is 0 Å². The molecule has 1 fully saturated rings. The summed E-state index contributed by atoms with van der Waals surface area (Å²) in [5.41, 5.74) is 5.36. The van der Waals surface area contributed by atoms with E-state index in [0.29, 0.717) is 34.2 Å². The van der Waals surface area contributed by atoms with Crippen LogP contribution in [0.4, 0.5) is 5.69 Å². The first-order valence-electron chi connectivity index (χ1n) is 13.2. The van der Waals surface area contributed by atoms with Gasteiger partial charge in [0.1, 0.15) is 11.3 Å². The number of benzene rings is 3. The van der Waals surface area contributed by atoms with E-state index in [1.807, 2.05) is 24.3 Å². The molecule has 5 rings (SSSR count). The monoisotopic (exact) mass is 516 g/mol. The molecule has 192 valence electrons. The van der Waals surface area contributed by atoms with Gasteiger partial charge in [0.05, 0.1) is 10.7 Å². The number of fused-ring (bicyclic) bond motifs is 1. The lowest BCUT2D eigenvalue weighted by molar-refractivity contribution is -0.118. The van der Waals surface area contributed by atoms with Crippen LogP contribution in [0.1, 0.15) is 75.3 Å². The normalized spacial score (nSPS) is 15.0. The summed E-state index contributed by atoms with van der Waals surface area (Å²) in [5.74, 6) is 1.98. The first kappa shape index (κ1) is 25.3. The third-order valence-electron chi connectivity index (χ3n) is 7.41. The smallest absolute Gasteiger partial charge is 0.262 e. The lowest BCUT2D eigenvalue weighted by Crippen LogP contribution is -2.20. The maximum absolute atomic E-state index is 12.6. The van der Waals surface area contributed by atoms with Gasteiger partial charge in [0.25, 0.3) is 5.91 Å². The Balaban J connectivity index is 1.23. The Morgan fingerprint density at radius 2 is 1.86 bits per heavy atom. The van der Waals surface area contributed by atoms with Crippen LogP contribution in [-0.2, 0) is 4.79 Å². The predicted molar refractivity (Wildman–Crippen MR) is 150 cm³/mol. The van der Waals surface area contributed by atoms with E-state index in [1.54, 1.807) is 12.1 Å². The van der Waals surface area contributed by atoms with E-state index in [1.165, 1.54) is 43.2 Å². The summed E-state index contributed by atoms with van der Waals surface area (Å²) < 4.78 is 11.7. The lowest BCUT2D eigenvalue weighted by Gasteiger charge is -2.22. The number of anilines is 1. The Morgan fingerprint density at radius 1 is 1.08 bits per heavy atom. The molecule has 1 N–H and O–H groups in total. The molecule has 6 heteroatoms. The lowest BCUT2D eigenvalue weighted by atomic mass is 9.84. The number of hydrogen-bond acceptors (Lipinski definition) is 4. The van der Waals surface area contributed by atoms with Crippen molar-refractivity contribution >= 4 is 34.3 Å². The van der Waals surface area contributed by atoms with Crippen molar-refractivity contribution in [3.05, 3.63) is 76.8 Å². The Bertz CT molecular complexity index is 1370. The largest absolute Gasteiger partial charge is 0.484 e. The molecule has 0 aliphatic heterocycles. The third-order valence-corrected chi connectivity index (χ3v) is 7.74. The van der Waals surface area contributed by atoms with Crippen LogP contribution in [0.5, 0.6) is 5.75 Å². The Labute approximate surface area is 223 Å². The number of amides is 1. The fourth-order valence-electron chi connectivity index (χ4n) is 4.97. The molecule has 37 heavy (non-hydrogen) atoms. The molecule has 1 atom stereocenters. The average Bonchev–Trinajstić information content (AvgIpc) is 3.37. The molecule has 1 aliphatic rings. The number of oxazole rings is 1. The zero-order valence-corrected chi connectivity index (χ0v) is 22.2. The first-order valence-corrected chi connectivity index (χ1v) is 13.6. The van der Waals surface area contributed by atoms with Crippen LogP contribution in [0, 0.1) is 0 Å². The van der Waals surface area contributed by atoms with Gasteiger partial charge >= 0.3 is 0 Å². The molecule has 0 radical (unpaired) electrons. The minimum Gasteiger partial charge on any atom is -0.484 e. The minimum absolute atomic E-state index is 0.107. The molecule has 0 spiro atoms. The van der Waals surface area contributed by atoms with E-state index in [4.69, 9.17) is 20.8 Å². The molecule has 0 bridgehead atoms. The van der Waals surface area contributed by atoms with E-state index in [0.717, 1.165) is 23.1 Å². The van der Waals surface area contributed by atoms with Crippen molar-refractivity contribution < 1.29 is 13.9 Å². The highest BCUT2D eigenvalue weighted by atomic mass is 35.5. The van der Waals surface area contributed by atoms with Crippen LogP contribution < -0.4 is 10.1 Å². The van der Waals surface area contributed by atoms with Crippen molar-refractivity contribution in [2.24, 2.45) is 0 Å². The highest BCUT2D eigenvalue weighted by Gasteiger charge is 2.16. The van der Waals surface area contributed by atoms with Gasteiger partial charge in [0, 0.05) is 5.56 Å². The second-order valence-electron chi connectivity index (χ2n) is 9.99. The summed E-state index contributed by atoms with van der Waals surface area (Å²) in [6.45, 7) is 4.27. The molecule has 4 aromatic rings. The van der Waals surface area contributed by atoms with Gasteiger partial charge in [-0.05, 0) is 84.7 Å². The second-order valence-corrected chi connectivity index (χ2v) is 10.4. The molecule has 1 saturated carbocycles. The van der Waals surface area contributed by atoms with Gasteiger partial charge in [-0.3, -0.25) is 4.79 Å². The highest BCUT2D eigenvalue weighted by Crippen LogP contribution is 2.34. The molecular formula is C31H33ClN2O3. The predicted octanol–water partition coefficient (Wildman–Crippen LogP) is 8.73. The van der Waals surface area contributed by atoms with Crippen molar-refractivity contribution in [1.82, 2.24) is 4.98 Å². The maximum Gasteiger partial charge on any atom is 0.262 e. The van der Waals surface area contributed by atoms with Crippen molar-refractivity contribution in [3.8, 4) is 17.2 Å². The minimum atomic E-state index is -0.286. The van der Waals surface area contributed by atoms with Gasteiger partial charge in [-0.2, -0.15) is 0 Å². The zero-order valence-electron chi connectivity index (χ0n) is 21.4. The van der Waals surface area contributed by atoms with E-state index in [-0.39, 0.29) is 12.5 Å². The summed E-state index contributed by atoms with van der Waals surface area (Å²) >= 11 is 6.38. The molecule has 1 amide bonds. The Kier molecular flexibility index (Phi) is 7.80. The van der Waals surface area contributed by atoms with Crippen molar-refractivity contribution in [2.45, 2.75) is 64.2 Å². The number of carbonyl (C=O) groups is 1. The summed E-state index contributed by atoms with van der Waals surface area (Å²) in [6, 6.07) is 19.6. The van der Waals surface area contributed by atoms with Crippen molar-refractivity contribution in [3.63, 3.8) is 0 Å². The van der Waals surface area contributed by atoms with Gasteiger partial charge < -0.3 is 14.5 Å². The second kappa shape index (κ2) is 11.4. The number of aromatic nitrogens is 1. The summed E-state index contributed by atoms with van der Waals surface area (Å²) in [6.07, 6.45) is 7.52. The number of ether oxygens (including phenoxy) is 1.